The molecule has 1 aliphatic rings. The molecule has 3 heterocycles. The number of aryl methyl sites for hydroxylation is 1. The van der Waals surface area contributed by atoms with E-state index in [4.69, 9.17) is 10.5 Å². The van der Waals surface area contributed by atoms with Gasteiger partial charge < -0.3 is 15.4 Å². The van der Waals surface area contributed by atoms with E-state index in [0.717, 1.165) is 24.0 Å². The highest BCUT2D eigenvalue weighted by atomic mass is 16.5. The molecule has 0 aliphatic carbocycles. The average Bonchev–Trinajstić information content (AvgIpc) is 3.23. The molecule has 10 heteroatoms. The van der Waals surface area contributed by atoms with Gasteiger partial charge in [-0.15, -0.1) is 5.92 Å². The summed E-state index contributed by atoms with van der Waals surface area (Å²) < 4.78 is 9.15. The number of nitrogens with two attached hydrogens (primary N) is 1. The fraction of sp³-hybridized carbons (Fsp3) is 0.417. The van der Waals surface area contributed by atoms with Crippen LogP contribution in [0, 0.1) is 11.8 Å². The first-order chi connectivity index (χ1) is 16.3. The highest BCUT2D eigenvalue weighted by molar-refractivity contribution is 5.96. The van der Waals surface area contributed by atoms with Crippen LogP contribution in [0.25, 0.3) is 11.2 Å². The van der Waals surface area contributed by atoms with Crippen LogP contribution in [0.4, 0.5) is 5.95 Å². The number of aromatic nitrogens is 4. The van der Waals surface area contributed by atoms with E-state index in [2.05, 4.69) is 16.8 Å². The second-order valence-electron chi connectivity index (χ2n) is 8.33. The molecule has 2 N–H and O–H groups in total. The minimum Gasteiger partial charge on any atom is -0.497 e. The van der Waals surface area contributed by atoms with Crippen molar-refractivity contribution in [1.29, 1.82) is 0 Å². The van der Waals surface area contributed by atoms with Crippen LogP contribution in [0.3, 0.4) is 0 Å². The topological polar surface area (TPSA) is 117 Å². The Morgan fingerprint density at radius 3 is 2.79 bits per heavy atom. The lowest BCUT2D eigenvalue weighted by molar-refractivity contribution is 0.0968. The number of ketones is 1. The number of piperidine rings is 1. The van der Waals surface area contributed by atoms with Crippen LogP contribution in [0.2, 0.25) is 0 Å². The average molecular weight is 465 g/mol. The second-order valence-corrected chi connectivity index (χ2v) is 8.33. The van der Waals surface area contributed by atoms with Gasteiger partial charge in [0.2, 0.25) is 5.95 Å². The normalized spacial score (nSPS) is 15.8. The molecule has 178 valence electrons. The van der Waals surface area contributed by atoms with Crippen molar-refractivity contribution in [2.75, 3.05) is 25.1 Å². The molecule has 10 nitrogen and oxygen atoms in total. The Labute approximate surface area is 196 Å². The number of fused-ring (bicyclic) bond motifs is 1. The van der Waals surface area contributed by atoms with E-state index in [1.165, 1.54) is 11.7 Å². The summed E-state index contributed by atoms with van der Waals surface area (Å²) >= 11 is 0. The fourth-order valence-corrected chi connectivity index (χ4v) is 4.27. The van der Waals surface area contributed by atoms with Gasteiger partial charge in [-0.25, -0.2) is 4.79 Å². The van der Waals surface area contributed by atoms with Crippen molar-refractivity contribution in [2.24, 2.45) is 12.8 Å². The number of carbonyl (C=O) groups excluding carboxylic acids is 1. The Morgan fingerprint density at radius 1 is 1.29 bits per heavy atom. The van der Waals surface area contributed by atoms with E-state index in [-0.39, 0.29) is 29.5 Å². The zero-order valence-corrected chi connectivity index (χ0v) is 19.6. The number of methoxy groups -OCH3 is 1. The van der Waals surface area contributed by atoms with Crippen LogP contribution in [-0.2, 0) is 20.1 Å². The first-order valence-electron chi connectivity index (χ1n) is 11.1. The third-order valence-electron chi connectivity index (χ3n) is 6.06. The molecule has 1 aromatic carbocycles. The lowest BCUT2D eigenvalue weighted by atomic mass is 10.1. The molecule has 4 rings (SSSR count). The first-order valence-corrected chi connectivity index (χ1v) is 11.1. The van der Waals surface area contributed by atoms with Gasteiger partial charge >= 0.3 is 5.69 Å². The van der Waals surface area contributed by atoms with Gasteiger partial charge in [0.1, 0.15) is 5.75 Å². The van der Waals surface area contributed by atoms with E-state index in [9.17, 15) is 14.4 Å². The maximum Gasteiger partial charge on any atom is 0.332 e. The smallest absolute Gasteiger partial charge is 0.332 e. The van der Waals surface area contributed by atoms with Crippen molar-refractivity contribution in [3.05, 3.63) is 50.7 Å². The third kappa shape index (κ3) is 4.22. The molecule has 0 bridgehead atoms. The van der Waals surface area contributed by atoms with E-state index in [1.807, 2.05) is 4.90 Å². The number of Topliss-reactive ketones (excluding diaryl/α,β-unsaturated/α-hetero) is 1. The van der Waals surface area contributed by atoms with E-state index >= 15 is 0 Å². The maximum absolute atomic E-state index is 13.6. The SMILES string of the molecule is CC#CCn1c(N2CCC[C@@H](N)C2)nc2c1c(=O)n(CC(=O)c1cccc(OC)c1)c(=O)n2C. The Balaban J connectivity index is 1.85. The largest absolute Gasteiger partial charge is 0.497 e. The highest BCUT2D eigenvalue weighted by Crippen LogP contribution is 2.23. The molecule has 0 unspecified atom stereocenters. The van der Waals surface area contributed by atoms with Crippen LogP contribution in [0.5, 0.6) is 5.75 Å². The van der Waals surface area contributed by atoms with E-state index in [1.54, 1.807) is 42.8 Å². The Hall–Kier alpha value is -3.84. The Bertz CT molecular complexity index is 1420. The van der Waals surface area contributed by atoms with Gasteiger partial charge in [0, 0.05) is 31.7 Å². The molecule has 2 aromatic heterocycles. The fourth-order valence-electron chi connectivity index (χ4n) is 4.27. The second kappa shape index (κ2) is 9.57. The van der Waals surface area contributed by atoms with Gasteiger partial charge in [-0.1, -0.05) is 18.1 Å². The molecule has 1 fully saturated rings. The summed E-state index contributed by atoms with van der Waals surface area (Å²) in [7, 11) is 3.05. The number of hydrogen-bond donors (Lipinski definition) is 1. The van der Waals surface area contributed by atoms with Gasteiger partial charge in [0.05, 0.1) is 20.2 Å². The van der Waals surface area contributed by atoms with Crippen molar-refractivity contribution in [3.8, 4) is 17.6 Å². The maximum atomic E-state index is 13.6. The predicted octanol–water partition coefficient (Wildman–Crippen LogP) is 0.739. The molecule has 34 heavy (non-hydrogen) atoms. The summed E-state index contributed by atoms with van der Waals surface area (Å²) in [5.74, 6) is 6.53. The van der Waals surface area contributed by atoms with Crippen LogP contribution in [0.1, 0.15) is 30.1 Å². The molecule has 3 aromatic rings. The summed E-state index contributed by atoms with van der Waals surface area (Å²) in [5, 5.41) is 0. The summed E-state index contributed by atoms with van der Waals surface area (Å²) in [6.07, 6.45) is 1.82. The van der Waals surface area contributed by atoms with Crippen LogP contribution >= 0.6 is 0 Å². The number of rotatable bonds is 6. The van der Waals surface area contributed by atoms with Gasteiger partial charge in [0.15, 0.2) is 16.9 Å². The van der Waals surface area contributed by atoms with Gasteiger partial charge in [-0.2, -0.15) is 4.98 Å². The number of hydrogen-bond acceptors (Lipinski definition) is 7. The van der Waals surface area contributed by atoms with Gasteiger partial charge in [-0.05, 0) is 31.9 Å². The Kier molecular flexibility index (Phi) is 6.56. The van der Waals surface area contributed by atoms with E-state index in [0.29, 0.717) is 23.8 Å². The number of anilines is 1. The van der Waals surface area contributed by atoms with Crippen molar-refractivity contribution >= 4 is 22.9 Å². The van der Waals surface area contributed by atoms with Crippen LogP contribution in [-0.4, -0.2) is 50.7 Å². The van der Waals surface area contributed by atoms with Crippen molar-refractivity contribution in [2.45, 2.75) is 38.9 Å². The molecule has 0 saturated carbocycles. The van der Waals surface area contributed by atoms with Crippen molar-refractivity contribution in [1.82, 2.24) is 18.7 Å². The summed E-state index contributed by atoms with van der Waals surface area (Å²) in [4.78, 5) is 46.3. The predicted molar refractivity (Wildman–Crippen MR) is 129 cm³/mol. The molecule has 1 saturated heterocycles. The molecule has 0 radical (unpaired) electrons. The molecule has 1 atom stereocenters. The van der Waals surface area contributed by atoms with Crippen LogP contribution in [0.15, 0.2) is 33.9 Å². The Morgan fingerprint density at radius 2 is 2.09 bits per heavy atom. The number of benzene rings is 1. The zero-order valence-electron chi connectivity index (χ0n) is 19.6. The standard InChI is InChI=1S/C24H28N6O4/c1-4-5-12-29-20-21(26-23(29)28-11-7-9-17(25)14-28)27(2)24(33)30(22(20)32)15-19(31)16-8-6-10-18(13-16)34-3/h6,8,10,13,17H,7,9,11-12,14-15,25H2,1-3H3/t17-/m1/s1. The van der Waals surface area contributed by atoms with E-state index < -0.39 is 17.8 Å². The molecular formula is C24H28N6O4. The minimum atomic E-state index is -0.609. The van der Waals surface area contributed by atoms with Crippen molar-refractivity contribution in [3.63, 3.8) is 0 Å². The summed E-state index contributed by atoms with van der Waals surface area (Å²) in [6, 6.07) is 6.60. The molecule has 0 amide bonds. The quantitative estimate of drug-likeness (QED) is 0.422. The summed E-state index contributed by atoms with van der Waals surface area (Å²) in [6.45, 7) is 2.89. The van der Waals surface area contributed by atoms with Crippen molar-refractivity contribution < 1.29 is 9.53 Å². The monoisotopic (exact) mass is 464 g/mol. The molecular weight excluding hydrogens is 436 g/mol. The third-order valence-corrected chi connectivity index (χ3v) is 6.06. The number of nitrogens with zero attached hydrogens (tertiary/aromatic N) is 5. The highest BCUT2D eigenvalue weighted by Gasteiger charge is 2.26. The van der Waals surface area contributed by atoms with Gasteiger partial charge in [0.25, 0.3) is 5.56 Å². The number of ether oxygens (including phenoxy) is 1. The number of imidazole rings is 1. The molecule has 0 spiro atoms. The number of carbonyl (C=O) groups is 1. The van der Waals surface area contributed by atoms with Gasteiger partial charge in [-0.3, -0.25) is 23.3 Å². The van der Waals surface area contributed by atoms with Crippen LogP contribution < -0.4 is 26.6 Å². The zero-order chi connectivity index (χ0) is 24.4. The first kappa shape index (κ1) is 23.3. The lowest BCUT2D eigenvalue weighted by Crippen LogP contribution is -2.44. The molecule has 1 aliphatic heterocycles. The summed E-state index contributed by atoms with van der Waals surface area (Å²) in [5.41, 5.74) is 5.82. The minimum absolute atomic E-state index is 0.000217. The lowest BCUT2D eigenvalue weighted by Gasteiger charge is -2.31.